The predicted molar refractivity (Wildman–Crippen MR) is 246 cm³/mol. The maximum atomic E-state index is 2.48. The highest BCUT2D eigenvalue weighted by Gasteiger charge is 2.48. The van der Waals surface area contributed by atoms with Gasteiger partial charge in [0, 0.05) is 54.2 Å². The van der Waals surface area contributed by atoms with Crippen molar-refractivity contribution >= 4 is 65.6 Å². The van der Waals surface area contributed by atoms with Crippen LogP contribution in [0.1, 0.15) is 22.3 Å². The Hall–Kier alpha value is -7.20. The molecule has 1 heterocycles. The molecule has 1 atom stereocenters. The lowest BCUT2D eigenvalue weighted by Gasteiger charge is -2.36. The molecule has 10 aromatic rings. The van der Waals surface area contributed by atoms with E-state index in [1.54, 1.807) is 0 Å². The van der Waals surface area contributed by atoms with Crippen LogP contribution in [0.3, 0.4) is 0 Å². The molecule has 0 aliphatic heterocycles. The van der Waals surface area contributed by atoms with E-state index in [0.717, 1.165) is 34.1 Å². The van der Waals surface area contributed by atoms with Crippen LogP contribution in [0.2, 0.25) is 0 Å². The molecule has 274 valence electrons. The van der Waals surface area contributed by atoms with Gasteiger partial charge in [-0.15, -0.1) is 11.3 Å². The molecule has 0 radical (unpaired) electrons. The van der Waals surface area contributed by atoms with Crippen molar-refractivity contribution in [1.82, 2.24) is 0 Å². The molecule has 0 amide bonds. The third-order valence-corrected chi connectivity index (χ3v) is 12.8. The lowest BCUT2D eigenvalue weighted by Crippen LogP contribution is -2.29. The van der Waals surface area contributed by atoms with Crippen molar-refractivity contribution in [1.29, 1.82) is 0 Å². The van der Waals surface area contributed by atoms with Crippen molar-refractivity contribution in [3.05, 3.63) is 253 Å². The van der Waals surface area contributed by atoms with Crippen LogP contribution in [0.15, 0.2) is 231 Å². The first-order chi connectivity index (χ1) is 28.8. The van der Waals surface area contributed by atoms with Gasteiger partial charge >= 0.3 is 0 Å². The van der Waals surface area contributed by atoms with Gasteiger partial charge in [-0.25, -0.2) is 0 Å². The topological polar surface area (TPSA) is 6.48 Å². The number of anilines is 6. The summed E-state index contributed by atoms with van der Waals surface area (Å²) < 4.78 is 2.60. The third kappa shape index (κ3) is 5.39. The van der Waals surface area contributed by atoms with E-state index >= 15 is 0 Å². The Morgan fingerprint density at radius 1 is 0.328 bits per heavy atom. The monoisotopic (exact) mass is 758 g/mol. The summed E-state index contributed by atoms with van der Waals surface area (Å²) in [5.74, 6) is 0. The summed E-state index contributed by atoms with van der Waals surface area (Å²) in [5.41, 5.74) is 13.4. The van der Waals surface area contributed by atoms with E-state index < -0.39 is 5.41 Å². The number of para-hydroxylation sites is 4. The van der Waals surface area contributed by atoms with Crippen molar-refractivity contribution < 1.29 is 0 Å². The minimum absolute atomic E-state index is 0.638. The molecule has 0 saturated heterocycles. The van der Waals surface area contributed by atoms with Crippen LogP contribution < -0.4 is 9.80 Å². The predicted octanol–water partition coefficient (Wildman–Crippen LogP) is 15.4. The Labute approximate surface area is 343 Å². The highest BCUT2D eigenvalue weighted by Crippen LogP contribution is 2.61. The number of hydrogen-bond acceptors (Lipinski definition) is 3. The zero-order valence-electron chi connectivity index (χ0n) is 31.7. The van der Waals surface area contributed by atoms with Crippen LogP contribution in [0.5, 0.6) is 0 Å². The molecule has 9 aromatic carbocycles. The van der Waals surface area contributed by atoms with E-state index in [2.05, 4.69) is 240 Å². The number of rotatable bonds is 8. The number of hydrogen-bond donors (Lipinski definition) is 0. The van der Waals surface area contributed by atoms with Gasteiger partial charge in [0.05, 0.1) is 11.1 Å². The van der Waals surface area contributed by atoms with Crippen LogP contribution in [0.4, 0.5) is 34.1 Å². The zero-order chi connectivity index (χ0) is 38.5. The summed E-state index contributed by atoms with van der Waals surface area (Å²) in [5, 5.41) is 2.61. The summed E-state index contributed by atoms with van der Waals surface area (Å²) in [6, 6.07) is 84.4. The molecule has 1 unspecified atom stereocenters. The van der Waals surface area contributed by atoms with Gasteiger partial charge in [-0.2, -0.15) is 0 Å². The fourth-order valence-electron chi connectivity index (χ4n) is 9.29. The zero-order valence-corrected chi connectivity index (χ0v) is 32.6. The average Bonchev–Trinajstić information content (AvgIpc) is 3.82. The van der Waals surface area contributed by atoms with Gasteiger partial charge in [0.1, 0.15) is 0 Å². The highest BCUT2D eigenvalue weighted by atomic mass is 32.1. The standard InChI is InChI=1S/C55H38N2S/c1-6-20-39(21-7-1)55(40-34-35-47-46-30-17-19-33-52(46)58-53(47)36-40)49-32-18-16-31-48(49)54-50(55)37-45(56(41-22-8-2-9-23-41)42-24-10-3-11-25-42)38-51(54)57(43-26-12-4-13-27-43)44-28-14-5-15-29-44/h1-38H. The van der Waals surface area contributed by atoms with E-state index in [9.17, 15) is 0 Å². The van der Waals surface area contributed by atoms with Crippen LogP contribution in [-0.2, 0) is 5.41 Å². The molecule has 1 aliphatic carbocycles. The van der Waals surface area contributed by atoms with E-state index in [1.807, 2.05) is 11.3 Å². The second-order valence-corrected chi connectivity index (χ2v) is 16.0. The van der Waals surface area contributed by atoms with Crippen LogP contribution in [0.25, 0.3) is 31.3 Å². The minimum Gasteiger partial charge on any atom is -0.310 e. The van der Waals surface area contributed by atoms with Crippen LogP contribution >= 0.6 is 11.3 Å². The Bertz CT molecular complexity index is 2970. The smallest absolute Gasteiger partial charge is 0.0715 e. The Morgan fingerprint density at radius 2 is 0.828 bits per heavy atom. The Kier molecular flexibility index (Phi) is 8.27. The van der Waals surface area contributed by atoms with Crippen LogP contribution in [0, 0.1) is 0 Å². The van der Waals surface area contributed by atoms with E-state index in [0.29, 0.717) is 0 Å². The lowest BCUT2D eigenvalue weighted by molar-refractivity contribution is 0.770. The average molecular weight is 759 g/mol. The molecule has 3 heteroatoms. The summed E-state index contributed by atoms with van der Waals surface area (Å²) in [7, 11) is 0. The Morgan fingerprint density at radius 3 is 1.45 bits per heavy atom. The minimum atomic E-state index is -0.638. The molecule has 0 saturated carbocycles. The summed E-state index contributed by atoms with van der Waals surface area (Å²) >= 11 is 1.88. The van der Waals surface area contributed by atoms with Gasteiger partial charge in [0.15, 0.2) is 0 Å². The molecule has 2 nitrogen and oxygen atoms in total. The molecule has 0 spiro atoms. The molecule has 0 N–H and O–H groups in total. The van der Waals surface area contributed by atoms with Gasteiger partial charge in [-0.3, -0.25) is 0 Å². The van der Waals surface area contributed by atoms with Gasteiger partial charge in [0.25, 0.3) is 0 Å². The maximum Gasteiger partial charge on any atom is 0.0715 e. The fraction of sp³-hybridized carbons (Fsp3) is 0.0182. The summed E-state index contributed by atoms with van der Waals surface area (Å²) in [6.45, 7) is 0. The first-order valence-electron chi connectivity index (χ1n) is 19.9. The second-order valence-electron chi connectivity index (χ2n) is 14.9. The maximum absolute atomic E-state index is 2.48. The fourth-order valence-corrected chi connectivity index (χ4v) is 10.4. The molecule has 1 aromatic heterocycles. The molecule has 58 heavy (non-hydrogen) atoms. The summed E-state index contributed by atoms with van der Waals surface area (Å²) in [6.07, 6.45) is 0. The van der Waals surface area contributed by atoms with Gasteiger partial charge in [-0.1, -0.05) is 158 Å². The molecular formula is C55H38N2S. The molecular weight excluding hydrogens is 721 g/mol. The van der Waals surface area contributed by atoms with Gasteiger partial charge in [-0.05, 0) is 101 Å². The van der Waals surface area contributed by atoms with Crippen molar-refractivity contribution in [3.8, 4) is 11.1 Å². The largest absolute Gasteiger partial charge is 0.310 e. The molecule has 11 rings (SSSR count). The van der Waals surface area contributed by atoms with Crippen molar-refractivity contribution in [2.24, 2.45) is 0 Å². The van der Waals surface area contributed by atoms with Gasteiger partial charge < -0.3 is 9.80 Å². The second kappa shape index (κ2) is 14.1. The normalized spacial score (nSPS) is 14.3. The number of fused-ring (bicyclic) bond motifs is 6. The highest BCUT2D eigenvalue weighted by molar-refractivity contribution is 7.25. The third-order valence-electron chi connectivity index (χ3n) is 11.7. The number of benzene rings is 9. The number of nitrogens with zero attached hydrogens (tertiary/aromatic N) is 2. The quantitative estimate of drug-likeness (QED) is 0.152. The summed E-state index contributed by atoms with van der Waals surface area (Å²) in [4.78, 5) is 4.86. The van der Waals surface area contributed by atoms with Crippen LogP contribution in [-0.4, -0.2) is 0 Å². The van der Waals surface area contributed by atoms with E-state index in [-0.39, 0.29) is 0 Å². The molecule has 0 bridgehead atoms. The SMILES string of the molecule is c1ccc(N(c2ccccc2)c2cc(N(c3ccccc3)c3ccccc3)c3c(c2)C(c2ccccc2)(c2ccc4c(c2)sc2ccccc24)c2ccccc2-3)cc1. The van der Waals surface area contributed by atoms with Crippen molar-refractivity contribution in [3.63, 3.8) is 0 Å². The van der Waals surface area contributed by atoms with E-state index in [1.165, 1.54) is 53.6 Å². The first kappa shape index (κ1) is 34.1. The van der Waals surface area contributed by atoms with Crippen molar-refractivity contribution in [2.75, 3.05) is 9.80 Å². The Balaban J connectivity index is 1.31. The molecule has 1 aliphatic rings. The van der Waals surface area contributed by atoms with Gasteiger partial charge in [0.2, 0.25) is 0 Å². The first-order valence-corrected chi connectivity index (χ1v) is 20.7. The van der Waals surface area contributed by atoms with E-state index in [4.69, 9.17) is 0 Å². The number of thiophene rings is 1. The lowest BCUT2D eigenvalue weighted by atomic mass is 9.67. The van der Waals surface area contributed by atoms with Crippen molar-refractivity contribution in [2.45, 2.75) is 5.41 Å². The molecule has 0 fully saturated rings.